The van der Waals surface area contributed by atoms with Crippen molar-refractivity contribution in [2.75, 3.05) is 0 Å². The van der Waals surface area contributed by atoms with E-state index in [1.807, 2.05) is 60.7 Å². The van der Waals surface area contributed by atoms with Gasteiger partial charge in [-0.1, -0.05) is 60.7 Å². The van der Waals surface area contributed by atoms with Gasteiger partial charge in [0.1, 0.15) is 5.69 Å². The Morgan fingerprint density at radius 1 is 0.720 bits per heavy atom. The van der Waals surface area contributed by atoms with E-state index in [2.05, 4.69) is 15.1 Å². The van der Waals surface area contributed by atoms with Crippen molar-refractivity contribution in [1.82, 2.24) is 19.6 Å². The lowest BCUT2D eigenvalue weighted by Gasteiger charge is -2.07. The predicted octanol–water partition coefficient (Wildman–Crippen LogP) is 2.44. The molecule has 6 heteroatoms. The van der Waals surface area contributed by atoms with Crippen molar-refractivity contribution in [2.45, 2.75) is 13.2 Å². The van der Waals surface area contributed by atoms with Crippen LogP contribution in [-0.2, 0) is 13.2 Å². The molecule has 0 atom stereocenters. The molecule has 2 heterocycles. The van der Waals surface area contributed by atoms with E-state index in [9.17, 15) is 10.2 Å². The van der Waals surface area contributed by atoms with E-state index in [0.29, 0.717) is 28.6 Å². The number of hydrogen-bond acceptors (Lipinski definition) is 5. The summed E-state index contributed by atoms with van der Waals surface area (Å²) in [4.78, 5) is 8.97. The summed E-state index contributed by atoms with van der Waals surface area (Å²) in [6.45, 7) is -0.456. The number of aliphatic hydroxyl groups is 2. The first-order chi connectivity index (χ1) is 12.3. The molecule has 0 radical (unpaired) electrons. The van der Waals surface area contributed by atoms with Gasteiger partial charge in [-0.3, -0.25) is 0 Å². The van der Waals surface area contributed by atoms with Gasteiger partial charge in [0, 0.05) is 11.1 Å². The monoisotopic (exact) mass is 332 g/mol. The summed E-state index contributed by atoms with van der Waals surface area (Å²) in [5.41, 5.74) is 3.95. The van der Waals surface area contributed by atoms with Gasteiger partial charge >= 0.3 is 0 Å². The fraction of sp³-hybridized carbons (Fsp3) is 0.105. The SMILES string of the molecule is OCc1nc2nc(-c3ccccc3)c(CO)n2nc1-c1ccccc1. The van der Waals surface area contributed by atoms with Crippen LogP contribution >= 0.6 is 0 Å². The molecular formula is C19H16N4O2. The van der Waals surface area contributed by atoms with E-state index in [0.717, 1.165) is 11.1 Å². The van der Waals surface area contributed by atoms with E-state index < -0.39 is 0 Å². The number of nitrogens with zero attached hydrogens (tertiary/aromatic N) is 4. The van der Waals surface area contributed by atoms with Gasteiger partial charge in [0.15, 0.2) is 0 Å². The van der Waals surface area contributed by atoms with E-state index in [4.69, 9.17) is 0 Å². The molecule has 0 aliphatic carbocycles. The molecule has 0 aliphatic heterocycles. The van der Waals surface area contributed by atoms with Crippen LogP contribution < -0.4 is 0 Å². The molecule has 0 fully saturated rings. The first-order valence-corrected chi connectivity index (χ1v) is 7.93. The normalized spacial score (nSPS) is 11.1. The third-order valence-corrected chi connectivity index (χ3v) is 4.03. The largest absolute Gasteiger partial charge is 0.390 e. The van der Waals surface area contributed by atoms with Crippen LogP contribution in [0.4, 0.5) is 0 Å². The molecule has 0 saturated heterocycles. The van der Waals surface area contributed by atoms with Crippen LogP contribution in [0.2, 0.25) is 0 Å². The Balaban J connectivity index is 1.98. The second kappa shape index (κ2) is 6.43. The summed E-state index contributed by atoms with van der Waals surface area (Å²) in [7, 11) is 0. The molecule has 0 saturated carbocycles. The molecular weight excluding hydrogens is 316 g/mol. The van der Waals surface area contributed by atoms with Gasteiger partial charge in [0.05, 0.1) is 30.3 Å². The van der Waals surface area contributed by atoms with Gasteiger partial charge in [-0.2, -0.15) is 9.61 Å². The molecule has 4 rings (SSSR count). The smallest absolute Gasteiger partial charge is 0.251 e. The van der Waals surface area contributed by atoms with Crippen LogP contribution in [0.15, 0.2) is 60.7 Å². The van der Waals surface area contributed by atoms with E-state index in [-0.39, 0.29) is 13.2 Å². The van der Waals surface area contributed by atoms with Crippen molar-refractivity contribution < 1.29 is 10.2 Å². The summed E-state index contributed by atoms with van der Waals surface area (Å²) >= 11 is 0. The number of rotatable bonds is 4. The third kappa shape index (κ3) is 2.67. The zero-order valence-corrected chi connectivity index (χ0v) is 13.4. The van der Waals surface area contributed by atoms with Gasteiger partial charge in [-0.25, -0.2) is 9.97 Å². The summed E-state index contributed by atoms with van der Waals surface area (Å²) < 4.78 is 1.55. The second-order valence-corrected chi connectivity index (χ2v) is 5.57. The molecule has 0 amide bonds. The maximum Gasteiger partial charge on any atom is 0.251 e. The minimum Gasteiger partial charge on any atom is -0.390 e. The Hall–Kier alpha value is -3.09. The van der Waals surface area contributed by atoms with Gasteiger partial charge < -0.3 is 10.2 Å². The molecule has 4 aromatic rings. The Labute approximate surface area is 144 Å². The number of fused-ring (bicyclic) bond motifs is 1. The molecule has 6 nitrogen and oxygen atoms in total. The molecule has 0 bridgehead atoms. The van der Waals surface area contributed by atoms with E-state index in [1.54, 1.807) is 4.52 Å². The maximum absolute atomic E-state index is 9.88. The molecule has 0 unspecified atom stereocenters. The van der Waals surface area contributed by atoms with Gasteiger partial charge in [-0.05, 0) is 0 Å². The molecule has 124 valence electrons. The van der Waals surface area contributed by atoms with Crippen molar-refractivity contribution in [1.29, 1.82) is 0 Å². The lowest BCUT2D eigenvalue weighted by Crippen LogP contribution is -2.06. The first kappa shape index (κ1) is 15.4. The third-order valence-electron chi connectivity index (χ3n) is 4.03. The fourth-order valence-electron chi connectivity index (χ4n) is 2.84. The Morgan fingerprint density at radius 2 is 1.32 bits per heavy atom. The average molecular weight is 332 g/mol. The molecule has 2 aromatic heterocycles. The highest BCUT2D eigenvalue weighted by atomic mass is 16.3. The first-order valence-electron chi connectivity index (χ1n) is 7.93. The summed E-state index contributed by atoms with van der Waals surface area (Å²) in [6, 6.07) is 19.1. The molecule has 2 N–H and O–H groups in total. The van der Waals surface area contributed by atoms with Crippen LogP contribution in [0.5, 0.6) is 0 Å². The van der Waals surface area contributed by atoms with Crippen LogP contribution in [-0.4, -0.2) is 29.8 Å². The van der Waals surface area contributed by atoms with Crippen molar-refractivity contribution in [3.63, 3.8) is 0 Å². The van der Waals surface area contributed by atoms with Crippen LogP contribution in [0.1, 0.15) is 11.4 Å². The molecule has 0 spiro atoms. The highest BCUT2D eigenvalue weighted by Gasteiger charge is 2.18. The molecule has 0 aliphatic rings. The Kier molecular flexibility index (Phi) is 3.97. The number of benzene rings is 2. The number of aromatic nitrogens is 4. The zero-order valence-electron chi connectivity index (χ0n) is 13.4. The van der Waals surface area contributed by atoms with Crippen molar-refractivity contribution in [3.05, 3.63) is 72.1 Å². The van der Waals surface area contributed by atoms with Crippen molar-refractivity contribution >= 4 is 5.78 Å². The predicted molar refractivity (Wildman–Crippen MR) is 93.5 cm³/mol. The summed E-state index contributed by atoms with van der Waals surface area (Å²) in [6.07, 6.45) is 0. The molecule has 2 aromatic carbocycles. The zero-order chi connectivity index (χ0) is 17.2. The number of aliphatic hydroxyl groups excluding tert-OH is 2. The quantitative estimate of drug-likeness (QED) is 0.600. The van der Waals surface area contributed by atoms with Crippen LogP contribution in [0.3, 0.4) is 0 Å². The minimum atomic E-state index is -0.240. The average Bonchev–Trinajstić information content (AvgIpc) is 3.05. The van der Waals surface area contributed by atoms with Gasteiger partial charge in [0.2, 0.25) is 0 Å². The van der Waals surface area contributed by atoms with Crippen molar-refractivity contribution in [2.24, 2.45) is 0 Å². The Bertz CT molecular complexity index is 1010. The highest BCUT2D eigenvalue weighted by molar-refractivity contribution is 5.67. The van der Waals surface area contributed by atoms with Gasteiger partial charge in [0.25, 0.3) is 5.78 Å². The van der Waals surface area contributed by atoms with E-state index >= 15 is 0 Å². The maximum atomic E-state index is 9.88. The van der Waals surface area contributed by atoms with Crippen molar-refractivity contribution in [3.8, 4) is 22.5 Å². The highest BCUT2D eigenvalue weighted by Crippen LogP contribution is 2.26. The number of hydrogen-bond donors (Lipinski definition) is 2. The topological polar surface area (TPSA) is 83.5 Å². The van der Waals surface area contributed by atoms with E-state index in [1.165, 1.54) is 0 Å². The second-order valence-electron chi connectivity index (χ2n) is 5.57. The standard InChI is InChI=1S/C19H16N4O2/c24-11-15-17(13-7-3-1-4-8-13)22-23-16(12-25)18(21-19(23)20-15)14-9-5-2-6-10-14/h1-10,24-25H,11-12H2. The van der Waals surface area contributed by atoms with Gasteiger partial charge in [-0.15, -0.1) is 0 Å². The summed E-state index contributed by atoms with van der Waals surface area (Å²) in [5, 5.41) is 24.2. The molecule has 25 heavy (non-hydrogen) atoms. The van der Waals surface area contributed by atoms with Crippen LogP contribution in [0, 0.1) is 0 Å². The lowest BCUT2D eigenvalue weighted by molar-refractivity contribution is 0.272. The summed E-state index contributed by atoms with van der Waals surface area (Å²) in [5.74, 6) is 0.353. The Morgan fingerprint density at radius 3 is 1.88 bits per heavy atom. The van der Waals surface area contributed by atoms with Crippen LogP contribution in [0.25, 0.3) is 28.3 Å². The minimum absolute atomic E-state index is 0.216. The lowest BCUT2D eigenvalue weighted by atomic mass is 10.1. The fourth-order valence-corrected chi connectivity index (χ4v) is 2.84. The number of imidazole rings is 1.